The maximum Gasteiger partial charge on any atom is 0.0991 e. The molecule has 0 amide bonds. The van der Waals surface area contributed by atoms with Crippen molar-refractivity contribution in [2.24, 2.45) is 0 Å². The van der Waals surface area contributed by atoms with E-state index in [0.717, 1.165) is 31.6 Å². The van der Waals surface area contributed by atoms with E-state index in [4.69, 9.17) is 10.00 Å². The first-order chi connectivity index (χ1) is 8.79. The van der Waals surface area contributed by atoms with Gasteiger partial charge < -0.3 is 15.2 Å². The first-order valence-corrected chi connectivity index (χ1v) is 6.30. The van der Waals surface area contributed by atoms with Gasteiger partial charge in [0.05, 0.1) is 23.8 Å². The molecule has 0 bridgehead atoms. The lowest BCUT2D eigenvalue weighted by Crippen LogP contribution is -2.29. The van der Waals surface area contributed by atoms with Crippen LogP contribution < -0.4 is 5.32 Å². The molecule has 2 N–H and O–H groups in total. The number of aliphatic hydroxyl groups excluding tert-OH is 1. The van der Waals surface area contributed by atoms with Crippen molar-refractivity contribution in [1.29, 1.82) is 5.26 Å². The van der Waals surface area contributed by atoms with Crippen LogP contribution in [-0.2, 0) is 4.74 Å². The summed E-state index contributed by atoms with van der Waals surface area (Å²) in [5.41, 5.74) is 1.44. The Morgan fingerprint density at radius 3 is 2.83 bits per heavy atom. The van der Waals surface area contributed by atoms with Crippen molar-refractivity contribution in [2.45, 2.75) is 25.0 Å². The van der Waals surface area contributed by atoms with Gasteiger partial charge in [0.1, 0.15) is 0 Å². The summed E-state index contributed by atoms with van der Waals surface area (Å²) in [4.78, 5) is 0. The zero-order valence-corrected chi connectivity index (χ0v) is 10.3. The molecule has 1 heterocycles. The van der Waals surface area contributed by atoms with Crippen LogP contribution in [0.4, 0.5) is 0 Å². The largest absolute Gasteiger partial charge is 0.387 e. The summed E-state index contributed by atoms with van der Waals surface area (Å²) in [6.07, 6.45) is 1.97. The number of hydrogen-bond donors (Lipinski definition) is 2. The molecule has 0 spiro atoms. The van der Waals surface area contributed by atoms with Gasteiger partial charge in [-0.2, -0.15) is 5.26 Å². The summed E-state index contributed by atoms with van der Waals surface area (Å²) in [6, 6.07) is 9.08. The van der Waals surface area contributed by atoms with Gasteiger partial charge in [-0.3, -0.25) is 0 Å². The molecule has 4 heteroatoms. The molecular weight excluding hydrogens is 228 g/mol. The zero-order chi connectivity index (χ0) is 12.8. The van der Waals surface area contributed by atoms with Crippen LogP contribution in [0, 0.1) is 11.3 Å². The van der Waals surface area contributed by atoms with Gasteiger partial charge in [-0.15, -0.1) is 0 Å². The first-order valence-electron chi connectivity index (χ1n) is 6.30. The fourth-order valence-electron chi connectivity index (χ4n) is 2.08. The fourth-order valence-corrected chi connectivity index (χ4v) is 2.08. The van der Waals surface area contributed by atoms with Crippen molar-refractivity contribution in [1.82, 2.24) is 5.32 Å². The Kier molecular flexibility index (Phi) is 4.71. The third kappa shape index (κ3) is 3.54. The molecule has 2 atom stereocenters. The summed E-state index contributed by atoms with van der Waals surface area (Å²) >= 11 is 0. The lowest BCUT2D eigenvalue weighted by Gasteiger charge is -2.14. The molecule has 4 nitrogen and oxygen atoms in total. The molecule has 1 aromatic carbocycles. The molecule has 2 unspecified atom stereocenters. The molecule has 1 aliphatic rings. The van der Waals surface area contributed by atoms with E-state index in [9.17, 15) is 5.11 Å². The van der Waals surface area contributed by atoms with Crippen molar-refractivity contribution in [3.8, 4) is 6.07 Å². The van der Waals surface area contributed by atoms with Crippen molar-refractivity contribution < 1.29 is 9.84 Å². The van der Waals surface area contributed by atoms with E-state index in [-0.39, 0.29) is 6.10 Å². The zero-order valence-electron chi connectivity index (χ0n) is 10.3. The first kappa shape index (κ1) is 13.0. The number of rotatable bonds is 5. The fraction of sp³-hybridized carbons (Fsp3) is 0.500. The van der Waals surface area contributed by atoms with Crippen molar-refractivity contribution in [2.75, 3.05) is 19.7 Å². The van der Waals surface area contributed by atoms with Crippen LogP contribution in [0.1, 0.15) is 30.1 Å². The Balaban J connectivity index is 1.76. The van der Waals surface area contributed by atoms with Gasteiger partial charge in [0.15, 0.2) is 0 Å². The number of aliphatic hydroxyl groups is 1. The van der Waals surface area contributed by atoms with Crippen LogP contribution in [0.5, 0.6) is 0 Å². The summed E-state index contributed by atoms with van der Waals surface area (Å²) in [5.74, 6) is 0. The van der Waals surface area contributed by atoms with Gasteiger partial charge in [-0.05, 0) is 30.5 Å². The molecule has 1 fully saturated rings. The number of nitrogens with one attached hydrogen (secondary N) is 1. The molecule has 0 radical (unpaired) electrons. The molecule has 96 valence electrons. The van der Waals surface area contributed by atoms with E-state index in [1.54, 1.807) is 24.3 Å². The molecule has 1 aromatic rings. The van der Waals surface area contributed by atoms with Gasteiger partial charge >= 0.3 is 0 Å². The topological polar surface area (TPSA) is 65.3 Å². The second-order valence-electron chi connectivity index (χ2n) is 4.54. The second-order valence-corrected chi connectivity index (χ2v) is 4.54. The number of nitriles is 1. The van der Waals surface area contributed by atoms with Crippen LogP contribution in [0.2, 0.25) is 0 Å². The van der Waals surface area contributed by atoms with Crippen LogP contribution in [0.25, 0.3) is 0 Å². The lowest BCUT2D eigenvalue weighted by molar-refractivity contribution is 0.103. The standard InChI is InChI=1S/C14H18N2O2/c15-8-11-3-5-12(6-4-11)14(17)10-16-9-13-2-1-7-18-13/h3-6,13-14,16-17H,1-2,7,9-10H2. The summed E-state index contributed by atoms with van der Waals surface area (Å²) in [5, 5.41) is 21.9. The number of ether oxygens (including phenoxy) is 1. The minimum absolute atomic E-state index is 0.290. The van der Waals surface area contributed by atoms with Crippen LogP contribution in [0.15, 0.2) is 24.3 Å². The SMILES string of the molecule is N#Cc1ccc(C(O)CNCC2CCCO2)cc1. The number of hydrogen-bond acceptors (Lipinski definition) is 4. The quantitative estimate of drug-likeness (QED) is 0.823. The minimum Gasteiger partial charge on any atom is -0.387 e. The highest BCUT2D eigenvalue weighted by Crippen LogP contribution is 2.14. The maximum atomic E-state index is 9.97. The molecule has 0 saturated carbocycles. The van der Waals surface area contributed by atoms with Gasteiger partial charge in [0.25, 0.3) is 0 Å². The van der Waals surface area contributed by atoms with E-state index in [2.05, 4.69) is 11.4 Å². The van der Waals surface area contributed by atoms with E-state index < -0.39 is 6.10 Å². The Morgan fingerprint density at radius 1 is 1.44 bits per heavy atom. The Morgan fingerprint density at radius 2 is 2.22 bits per heavy atom. The molecule has 0 aliphatic carbocycles. The van der Waals surface area contributed by atoms with E-state index in [0.29, 0.717) is 12.1 Å². The van der Waals surface area contributed by atoms with Crippen molar-refractivity contribution in [3.63, 3.8) is 0 Å². The molecule has 1 aliphatic heterocycles. The Bertz CT molecular complexity index is 405. The van der Waals surface area contributed by atoms with Crippen molar-refractivity contribution >= 4 is 0 Å². The van der Waals surface area contributed by atoms with Crippen LogP contribution in [-0.4, -0.2) is 30.9 Å². The maximum absolute atomic E-state index is 9.97. The normalized spacial score (nSPS) is 20.6. The van der Waals surface area contributed by atoms with Crippen LogP contribution in [0.3, 0.4) is 0 Å². The van der Waals surface area contributed by atoms with E-state index >= 15 is 0 Å². The van der Waals surface area contributed by atoms with Gasteiger partial charge in [0.2, 0.25) is 0 Å². The van der Waals surface area contributed by atoms with E-state index in [1.165, 1.54) is 0 Å². The Hall–Kier alpha value is -1.41. The second kappa shape index (κ2) is 6.50. The third-order valence-corrected chi connectivity index (χ3v) is 3.16. The summed E-state index contributed by atoms with van der Waals surface area (Å²) < 4.78 is 5.49. The molecular formula is C14H18N2O2. The van der Waals surface area contributed by atoms with Gasteiger partial charge in [0, 0.05) is 19.7 Å². The smallest absolute Gasteiger partial charge is 0.0991 e. The molecule has 18 heavy (non-hydrogen) atoms. The van der Waals surface area contributed by atoms with Gasteiger partial charge in [-0.25, -0.2) is 0 Å². The summed E-state index contributed by atoms with van der Waals surface area (Å²) in [6.45, 7) is 2.14. The Labute approximate surface area is 107 Å². The highest BCUT2D eigenvalue weighted by Gasteiger charge is 2.15. The third-order valence-electron chi connectivity index (χ3n) is 3.16. The highest BCUT2D eigenvalue weighted by atomic mass is 16.5. The number of nitrogens with zero attached hydrogens (tertiary/aromatic N) is 1. The molecule has 1 saturated heterocycles. The average Bonchev–Trinajstić information content (AvgIpc) is 2.92. The van der Waals surface area contributed by atoms with Crippen LogP contribution >= 0.6 is 0 Å². The summed E-state index contributed by atoms with van der Waals surface area (Å²) in [7, 11) is 0. The monoisotopic (exact) mass is 246 g/mol. The molecule has 0 aromatic heterocycles. The average molecular weight is 246 g/mol. The predicted octanol–water partition coefficient (Wildman–Crippen LogP) is 1.36. The predicted molar refractivity (Wildman–Crippen MR) is 68.0 cm³/mol. The number of benzene rings is 1. The van der Waals surface area contributed by atoms with Gasteiger partial charge in [-0.1, -0.05) is 12.1 Å². The lowest BCUT2D eigenvalue weighted by atomic mass is 10.1. The van der Waals surface area contributed by atoms with E-state index in [1.807, 2.05) is 0 Å². The minimum atomic E-state index is -0.542. The van der Waals surface area contributed by atoms with Crippen molar-refractivity contribution in [3.05, 3.63) is 35.4 Å². The molecule has 2 rings (SSSR count). The highest BCUT2D eigenvalue weighted by molar-refractivity contribution is 5.32.